The molecule has 0 aliphatic heterocycles. The van der Waals surface area contributed by atoms with Gasteiger partial charge in [-0.05, 0) is 50.2 Å². The van der Waals surface area contributed by atoms with Crippen LogP contribution in [0.15, 0.2) is 36.4 Å². The first kappa shape index (κ1) is 15.4. The maximum absolute atomic E-state index is 13.4. The molecule has 0 aliphatic carbocycles. The van der Waals surface area contributed by atoms with Crippen molar-refractivity contribution in [2.75, 3.05) is 18.0 Å². The van der Waals surface area contributed by atoms with E-state index in [1.165, 1.54) is 17.7 Å². The second kappa shape index (κ2) is 7.18. The summed E-state index contributed by atoms with van der Waals surface area (Å²) in [5.41, 5.74) is 3.02. The molecule has 4 heteroatoms. The van der Waals surface area contributed by atoms with Crippen LogP contribution in [0.1, 0.15) is 25.1 Å². The minimum Gasteiger partial charge on any atom is -0.327 e. The molecule has 0 amide bonds. The minimum atomic E-state index is -0.230. The third-order valence-electron chi connectivity index (χ3n) is 3.46. The topological polar surface area (TPSA) is 28.2 Å². The molecular formula is C17H22FN3. The van der Waals surface area contributed by atoms with E-state index in [0.29, 0.717) is 0 Å². The summed E-state index contributed by atoms with van der Waals surface area (Å²) in [4.78, 5) is 6.67. The zero-order valence-corrected chi connectivity index (χ0v) is 12.9. The molecule has 2 rings (SSSR count). The van der Waals surface area contributed by atoms with Gasteiger partial charge in [-0.3, -0.25) is 0 Å². The maximum Gasteiger partial charge on any atom is 0.133 e. The average molecular weight is 287 g/mol. The van der Waals surface area contributed by atoms with Gasteiger partial charge < -0.3 is 10.2 Å². The highest BCUT2D eigenvalue weighted by Crippen LogP contribution is 2.25. The molecule has 0 radical (unpaired) electrons. The average Bonchev–Trinajstić information content (AvgIpc) is 2.47. The van der Waals surface area contributed by atoms with E-state index in [-0.39, 0.29) is 5.82 Å². The molecule has 1 N–H and O–H groups in total. The van der Waals surface area contributed by atoms with Gasteiger partial charge in [-0.1, -0.05) is 19.1 Å². The second-order valence-corrected chi connectivity index (χ2v) is 4.92. The number of pyridine rings is 1. The van der Waals surface area contributed by atoms with E-state index < -0.39 is 0 Å². The van der Waals surface area contributed by atoms with Gasteiger partial charge >= 0.3 is 0 Å². The number of hydrogen-bond acceptors (Lipinski definition) is 3. The number of halogens is 1. The number of rotatable bonds is 6. The molecule has 0 saturated carbocycles. The molecule has 0 aliphatic rings. The second-order valence-electron chi connectivity index (χ2n) is 4.92. The first-order valence-electron chi connectivity index (χ1n) is 7.36. The van der Waals surface area contributed by atoms with Gasteiger partial charge in [0.1, 0.15) is 11.6 Å². The van der Waals surface area contributed by atoms with Crippen LogP contribution in [0.25, 0.3) is 0 Å². The van der Waals surface area contributed by atoms with Crippen LogP contribution in [0.3, 0.4) is 0 Å². The van der Waals surface area contributed by atoms with Gasteiger partial charge in [-0.2, -0.15) is 0 Å². The quantitative estimate of drug-likeness (QED) is 0.876. The fourth-order valence-electron chi connectivity index (χ4n) is 2.29. The summed E-state index contributed by atoms with van der Waals surface area (Å²) < 4.78 is 13.4. The normalized spacial score (nSPS) is 10.7. The van der Waals surface area contributed by atoms with Crippen molar-refractivity contribution in [3.05, 3.63) is 53.5 Å². The molecule has 0 atom stereocenters. The number of nitrogens with one attached hydrogen (secondary N) is 1. The van der Waals surface area contributed by atoms with Crippen LogP contribution in [0.4, 0.5) is 15.9 Å². The van der Waals surface area contributed by atoms with E-state index in [9.17, 15) is 4.39 Å². The Hall–Kier alpha value is -1.94. The number of aromatic nitrogens is 1. The third kappa shape index (κ3) is 3.79. The Kier molecular flexibility index (Phi) is 5.28. The van der Waals surface area contributed by atoms with E-state index in [2.05, 4.69) is 23.3 Å². The molecule has 21 heavy (non-hydrogen) atoms. The first-order chi connectivity index (χ1) is 10.2. The predicted molar refractivity (Wildman–Crippen MR) is 85.4 cm³/mol. The lowest BCUT2D eigenvalue weighted by atomic mass is 10.2. The standard InChI is InChI=1S/C17H22FN3/c1-4-19-12-14-9-10-17(20-13(14)3)21(5-2)16-8-6-7-15(18)11-16/h6-11,19H,4-5,12H2,1-3H3. The van der Waals surface area contributed by atoms with Gasteiger partial charge in [-0.25, -0.2) is 9.37 Å². The van der Waals surface area contributed by atoms with Crippen molar-refractivity contribution in [3.8, 4) is 0 Å². The molecule has 3 nitrogen and oxygen atoms in total. The number of aryl methyl sites for hydroxylation is 1. The zero-order valence-electron chi connectivity index (χ0n) is 12.9. The highest BCUT2D eigenvalue weighted by Gasteiger charge is 2.11. The van der Waals surface area contributed by atoms with Crippen molar-refractivity contribution in [1.29, 1.82) is 0 Å². The van der Waals surface area contributed by atoms with Gasteiger partial charge in [0, 0.05) is 24.5 Å². The van der Waals surface area contributed by atoms with Crippen molar-refractivity contribution >= 4 is 11.5 Å². The number of anilines is 2. The molecule has 1 heterocycles. The monoisotopic (exact) mass is 287 g/mol. The van der Waals surface area contributed by atoms with Crippen molar-refractivity contribution < 1.29 is 4.39 Å². The summed E-state index contributed by atoms with van der Waals surface area (Å²) in [5, 5.41) is 3.30. The Morgan fingerprint density at radius 3 is 2.62 bits per heavy atom. The van der Waals surface area contributed by atoms with Crippen molar-refractivity contribution in [2.45, 2.75) is 27.3 Å². The summed E-state index contributed by atoms with van der Waals surface area (Å²) in [7, 11) is 0. The van der Waals surface area contributed by atoms with Gasteiger partial charge in [-0.15, -0.1) is 0 Å². The third-order valence-corrected chi connectivity index (χ3v) is 3.46. The molecule has 1 aromatic heterocycles. The largest absolute Gasteiger partial charge is 0.327 e. The van der Waals surface area contributed by atoms with E-state index in [1.54, 1.807) is 6.07 Å². The SMILES string of the molecule is CCNCc1ccc(N(CC)c2cccc(F)c2)nc1C. The smallest absolute Gasteiger partial charge is 0.133 e. The summed E-state index contributed by atoms with van der Waals surface area (Å²) in [6, 6.07) is 10.7. The number of benzene rings is 1. The highest BCUT2D eigenvalue weighted by atomic mass is 19.1. The van der Waals surface area contributed by atoms with Crippen LogP contribution >= 0.6 is 0 Å². The lowest BCUT2D eigenvalue weighted by Gasteiger charge is -2.23. The fraction of sp³-hybridized carbons (Fsp3) is 0.353. The predicted octanol–water partition coefficient (Wildman–Crippen LogP) is 3.80. The highest BCUT2D eigenvalue weighted by molar-refractivity contribution is 5.60. The molecule has 1 aromatic carbocycles. The van der Waals surface area contributed by atoms with Crippen LogP contribution < -0.4 is 10.2 Å². The van der Waals surface area contributed by atoms with E-state index in [4.69, 9.17) is 0 Å². The fourth-order valence-corrected chi connectivity index (χ4v) is 2.29. The molecule has 0 spiro atoms. The molecule has 0 unspecified atom stereocenters. The molecule has 112 valence electrons. The Morgan fingerprint density at radius 1 is 1.19 bits per heavy atom. The van der Waals surface area contributed by atoms with Crippen LogP contribution in [0.5, 0.6) is 0 Å². The lowest BCUT2D eigenvalue weighted by Crippen LogP contribution is -2.19. The van der Waals surface area contributed by atoms with Crippen LogP contribution in [0, 0.1) is 12.7 Å². The lowest BCUT2D eigenvalue weighted by molar-refractivity contribution is 0.627. The Labute approximate surface area is 125 Å². The Balaban J connectivity index is 2.28. The van der Waals surface area contributed by atoms with Gasteiger partial charge in [0.25, 0.3) is 0 Å². The Morgan fingerprint density at radius 2 is 2.00 bits per heavy atom. The van der Waals surface area contributed by atoms with Crippen molar-refractivity contribution in [3.63, 3.8) is 0 Å². The zero-order chi connectivity index (χ0) is 15.2. The van der Waals surface area contributed by atoms with E-state index in [0.717, 1.165) is 36.8 Å². The van der Waals surface area contributed by atoms with E-state index >= 15 is 0 Å². The van der Waals surface area contributed by atoms with Crippen molar-refractivity contribution in [1.82, 2.24) is 10.3 Å². The first-order valence-corrected chi connectivity index (χ1v) is 7.36. The summed E-state index contributed by atoms with van der Waals surface area (Å²) in [6.07, 6.45) is 0. The Bertz CT molecular complexity index is 598. The van der Waals surface area contributed by atoms with E-state index in [1.807, 2.05) is 30.9 Å². The number of nitrogens with zero attached hydrogens (tertiary/aromatic N) is 2. The van der Waals surface area contributed by atoms with Gasteiger partial charge in [0.15, 0.2) is 0 Å². The van der Waals surface area contributed by atoms with Crippen molar-refractivity contribution in [2.24, 2.45) is 0 Å². The van der Waals surface area contributed by atoms with Gasteiger partial charge in [0.05, 0.1) is 0 Å². The molecule has 2 aromatic rings. The van der Waals surface area contributed by atoms with Crippen LogP contribution in [-0.2, 0) is 6.54 Å². The van der Waals surface area contributed by atoms with Gasteiger partial charge in [0.2, 0.25) is 0 Å². The molecular weight excluding hydrogens is 265 g/mol. The summed E-state index contributed by atoms with van der Waals surface area (Å²) in [5.74, 6) is 0.618. The minimum absolute atomic E-state index is 0.230. The summed E-state index contributed by atoms with van der Waals surface area (Å²) in [6.45, 7) is 8.62. The molecule has 0 bridgehead atoms. The molecule has 0 fully saturated rings. The van der Waals surface area contributed by atoms with Crippen LogP contribution in [-0.4, -0.2) is 18.1 Å². The summed E-state index contributed by atoms with van der Waals surface area (Å²) >= 11 is 0. The number of hydrogen-bond donors (Lipinski definition) is 1. The van der Waals surface area contributed by atoms with Crippen LogP contribution in [0.2, 0.25) is 0 Å². The maximum atomic E-state index is 13.4. The molecule has 0 saturated heterocycles.